The molecule has 1 unspecified atom stereocenters. The first-order valence-corrected chi connectivity index (χ1v) is 7.98. The van der Waals surface area contributed by atoms with E-state index in [4.69, 9.17) is 0 Å². The number of alkyl halides is 1. The molecule has 0 saturated carbocycles. The molecule has 0 spiro atoms. The van der Waals surface area contributed by atoms with Gasteiger partial charge in [-0.2, -0.15) is 0 Å². The van der Waals surface area contributed by atoms with Crippen LogP contribution in [-0.4, -0.2) is 29.9 Å². The number of hydrogen-bond donors (Lipinski definition) is 0. The van der Waals surface area contributed by atoms with E-state index in [1.807, 2.05) is 0 Å². The monoisotopic (exact) mass is 289 g/mol. The molecule has 0 aromatic rings. The fraction of sp³-hybridized carbons (Fsp3) is 1.00. The zero-order valence-corrected chi connectivity index (χ0v) is 12.9. The Morgan fingerprint density at radius 3 is 2.62 bits per heavy atom. The van der Waals surface area contributed by atoms with Gasteiger partial charge in [-0.25, -0.2) is 0 Å². The van der Waals surface area contributed by atoms with Crippen LogP contribution >= 0.6 is 15.9 Å². The summed E-state index contributed by atoms with van der Waals surface area (Å²) >= 11 is 3.63. The summed E-state index contributed by atoms with van der Waals surface area (Å²) in [5.74, 6) is 1.00. The van der Waals surface area contributed by atoms with Gasteiger partial charge in [0.15, 0.2) is 0 Å². The molecule has 0 bridgehead atoms. The lowest BCUT2D eigenvalue weighted by Crippen LogP contribution is -2.36. The van der Waals surface area contributed by atoms with Crippen molar-refractivity contribution >= 4 is 15.9 Å². The first-order chi connectivity index (χ1) is 7.57. The Balaban J connectivity index is 2.35. The Bertz CT molecular complexity index is 191. The second kappa shape index (κ2) is 7.00. The molecule has 1 fully saturated rings. The quantitative estimate of drug-likeness (QED) is 0.682. The molecule has 0 radical (unpaired) electrons. The van der Waals surface area contributed by atoms with Crippen LogP contribution in [0.2, 0.25) is 0 Å². The second-order valence-electron chi connectivity index (χ2n) is 6.16. The SMILES string of the molecule is CCCC1CCCN(CC(C)(C)CBr)CC1. The van der Waals surface area contributed by atoms with E-state index in [0.717, 1.165) is 11.2 Å². The van der Waals surface area contributed by atoms with Crippen LogP contribution in [0.3, 0.4) is 0 Å². The van der Waals surface area contributed by atoms with Crippen molar-refractivity contribution in [3.05, 3.63) is 0 Å². The van der Waals surface area contributed by atoms with Crippen LogP contribution in [0.25, 0.3) is 0 Å². The molecular weight excluding hydrogens is 262 g/mol. The van der Waals surface area contributed by atoms with Crippen molar-refractivity contribution in [3.8, 4) is 0 Å². The maximum absolute atomic E-state index is 3.63. The summed E-state index contributed by atoms with van der Waals surface area (Å²) in [4.78, 5) is 2.68. The molecular formula is C14H28BrN. The van der Waals surface area contributed by atoms with E-state index in [0.29, 0.717) is 5.41 Å². The summed E-state index contributed by atoms with van der Waals surface area (Å²) in [5, 5.41) is 1.11. The Morgan fingerprint density at radius 2 is 2.00 bits per heavy atom. The molecule has 0 aliphatic carbocycles. The van der Waals surface area contributed by atoms with Gasteiger partial charge < -0.3 is 4.90 Å². The number of likely N-dealkylation sites (tertiary alicyclic amines) is 1. The van der Waals surface area contributed by atoms with Crippen LogP contribution < -0.4 is 0 Å². The number of rotatable bonds is 5. The van der Waals surface area contributed by atoms with Gasteiger partial charge in [0.2, 0.25) is 0 Å². The molecule has 0 aromatic carbocycles. The van der Waals surface area contributed by atoms with Crippen molar-refractivity contribution in [2.75, 3.05) is 25.0 Å². The van der Waals surface area contributed by atoms with E-state index in [-0.39, 0.29) is 0 Å². The average Bonchev–Trinajstić information content (AvgIpc) is 2.44. The van der Waals surface area contributed by atoms with E-state index < -0.39 is 0 Å². The normalized spacial score (nSPS) is 24.4. The molecule has 1 saturated heterocycles. The van der Waals surface area contributed by atoms with Gasteiger partial charge in [0.25, 0.3) is 0 Å². The van der Waals surface area contributed by atoms with Crippen molar-refractivity contribution in [3.63, 3.8) is 0 Å². The van der Waals surface area contributed by atoms with Crippen LogP contribution in [0.15, 0.2) is 0 Å². The Hall–Kier alpha value is 0.440. The molecule has 0 amide bonds. The highest BCUT2D eigenvalue weighted by molar-refractivity contribution is 9.09. The summed E-state index contributed by atoms with van der Waals surface area (Å²) in [7, 11) is 0. The van der Waals surface area contributed by atoms with Gasteiger partial charge in [0.05, 0.1) is 0 Å². The third-order valence-corrected chi connectivity index (χ3v) is 5.17. The zero-order chi connectivity index (χ0) is 12.0. The van der Waals surface area contributed by atoms with Gasteiger partial charge in [-0.1, -0.05) is 49.5 Å². The summed E-state index contributed by atoms with van der Waals surface area (Å²) in [5.41, 5.74) is 0.421. The van der Waals surface area contributed by atoms with Gasteiger partial charge in [0, 0.05) is 11.9 Å². The van der Waals surface area contributed by atoms with Gasteiger partial charge in [-0.05, 0) is 43.7 Å². The molecule has 1 nitrogen and oxygen atoms in total. The highest BCUT2D eigenvalue weighted by Gasteiger charge is 2.23. The number of halogens is 1. The molecule has 1 heterocycles. The maximum atomic E-state index is 3.63. The van der Waals surface area contributed by atoms with Gasteiger partial charge in [-0.15, -0.1) is 0 Å². The first-order valence-electron chi connectivity index (χ1n) is 6.85. The predicted molar refractivity (Wildman–Crippen MR) is 76.3 cm³/mol. The van der Waals surface area contributed by atoms with Crippen molar-refractivity contribution in [2.45, 2.75) is 52.9 Å². The van der Waals surface area contributed by atoms with Crippen LogP contribution in [0, 0.1) is 11.3 Å². The third kappa shape index (κ3) is 5.18. The molecule has 1 atom stereocenters. The second-order valence-corrected chi connectivity index (χ2v) is 6.72. The van der Waals surface area contributed by atoms with Gasteiger partial charge >= 0.3 is 0 Å². The molecule has 1 aliphatic rings. The van der Waals surface area contributed by atoms with E-state index >= 15 is 0 Å². The number of nitrogens with zero attached hydrogens (tertiary/aromatic N) is 1. The summed E-state index contributed by atoms with van der Waals surface area (Å²) < 4.78 is 0. The van der Waals surface area contributed by atoms with Crippen LogP contribution in [0.4, 0.5) is 0 Å². The van der Waals surface area contributed by atoms with Crippen molar-refractivity contribution in [1.82, 2.24) is 4.90 Å². The van der Waals surface area contributed by atoms with Gasteiger partial charge in [0.1, 0.15) is 0 Å². The minimum absolute atomic E-state index is 0.421. The van der Waals surface area contributed by atoms with Crippen LogP contribution in [0.1, 0.15) is 52.9 Å². The van der Waals surface area contributed by atoms with E-state index in [1.54, 1.807) is 0 Å². The van der Waals surface area contributed by atoms with Gasteiger partial charge in [-0.3, -0.25) is 0 Å². The fourth-order valence-electron chi connectivity index (χ4n) is 2.73. The minimum atomic E-state index is 0.421. The predicted octanol–water partition coefficient (Wildman–Crippen LogP) is 4.31. The first kappa shape index (κ1) is 14.5. The standard InChI is InChI=1S/C14H28BrN/c1-4-6-13-7-5-9-16(10-8-13)12-14(2,3)11-15/h13H,4-12H2,1-3H3. The summed E-state index contributed by atoms with van der Waals surface area (Å²) in [6, 6.07) is 0. The fourth-order valence-corrected chi connectivity index (χ4v) is 2.90. The highest BCUT2D eigenvalue weighted by Crippen LogP contribution is 2.25. The Labute approximate surface area is 110 Å². The van der Waals surface area contributed by atoms with Crippen LogP contribution in [-0.2, 0) is 0 Å². The van der Waals surface area contributed by atoms with Crippen molar-refractivity contribution < 1.29 is 0 Å². The lowest BCUT2D eigenvalue weighted by molar-refractivity contribution is 0.199. The third-order valence-electron chi connectivity index (χ3n) is 3.65. The molecule has 2 heteroatoms. The molecule has 0 aromatic heterocycles. The molecule has 16 heavy (non-hydrogen) atoms. The minimum Gasteiger partial charge on any atom is -0.303 e. The van der Waals surface area contributed by atoms with E-state index in [2.05, 4.69) is 41.6 Å². The smallest absolute Gasteiger partial charge is 0.00949 e. The van der Waals surface area contributed by atoms with E-state index in [1.165, 1.54) is 51.7 Å². The van der Waals surface area contributed by atoms with Crippen molar-refractivity contribution in [2.24, 2.45) is 11.3 Å². The average molecular weight is 290 g/mol. The largest absolute Gasteiger partial charge is 0.303 e. The maximum Gasteiger partial charge on any atom is 0.00949 e. The lowest BCUT2D eigenvalue weighted by atomic mass is 9.95. The molecule has 1 rings (SSSR count). The topological polar surface area (TPSA) is 3.24 Å². The van der Waals surface area contributed by atoms with Crippen LogP contribution in [0.5, 0.6) is 0 Å². The summed E-state index contributed by atoms with van der Waals surface area (Å²) in [6.45, 7) is 10.9. The lowest BCUT2D eigenvalue weighted by Gasteiger charge is -2.30. The Morgan fingerprint density at radius 1 is 1.25 bits per heavy atom. The number of hydrogen-bond acceptors (Lipinski definition) is 1. The highest BCUT2D eigenvalue weighted by atomic mass is 79.9. The molecule has 1 aliphatic heterocycles. The Kier molecular flexibility index (Phi) is 6.35. The molecule has 0 N–H and O–H groups in total. The zero-order valence-electron chi connectivity index (χ0n) is 11.3. The summed E-state index contributed by atoms with van der Waals surface area (Å²) in [6.07, 6.45) is 7.08. The van der Waals surface area contributed by atoms with E-state index in [9.17, 15) is 0 Å². The molecule has 96 valence electrons. The van der Waals surface area contributed by atoms with Crippen molar-refractivity contribution in [1.29, 1.82) is 0 Å².